The van der Waals surface area contributed by atoms with Gasteiger partial charge in [0.05, 0.1) is 12.1 Å². The Hall–Kier alpha value is -2.41. The summed E-state index contributed by atoms with van der Waals surface area (Å²) in [6.45, 7) is 3.99. The molecule has 2 N–H and O–H groups in total. The lowest BCUT2D eigenvalue weighted by atomic mass is 9.89. The van der Waals surface area contributed by atoms with Crippen LogP contribution in [0.5, 0.6) is 0 Å². The first-order chi connectivity index (χ1) is 13.4. The van der Waals surface area contributed by atoms with E-state index >= 15 is 0 Å². The molecule has 2 aromatic rings. The number of carbonyl (C=O) groups is 2. The number of aromatic amines is 1. The van der Waals surface area contributed by atoms with Crippen molar-refractivity contribution in [2.45, 2.75) is 44.7 Å². The van der Waals surface area contributed by atoms with Crippen LogP contribution in [-0.2, 0) is 4.79 Å². The number of nitrogens with one attached hydrogen (secondary N) is 2. The normalized spacial score (nSPS) is 24.0. The average Bonchev–Trinajstić information content (AvgIpc) is 3.14. The smallest absolute Gasteiger partial charge is 0.267 e. The van der Waals surface area contributed by atoms with Crippen LogP contribution >= 0.6 is 0 Å². The third kappa shape index (κ3) is 3.63. The number of halogens is 1. The van der Waals surface area contributed by atoms with Gasteiger partial charge in [0.15, 0.2) is 0 Å². The lowest BCUT2D eigenvalue weighted by molar-refractivity contribution is -0.135. The first kappa shape index (κ1) is 18.9. The minimum absolute atomic E-state index is 0.0679. The minimum Gasteiger partial charge on any atom is -0.350 e. The standard InChI is InChI=1S/C21H27FN4O2/c1-13-6-7-17(22)16-11-18(24-20(13)16)21(28)23-14-4-3-5-15(10-14)26-9-8-25(2)19(27)12-26/h6-7,11,14-15,24H,3-5,8-10,12H2,1-2H3,(H,23,28)/t14-,15+/m1/s1. The fraction of sp³-hybridized carbons (Fsp3) is 0.524. The molecule has 1 saturated heterocycles. The Morgan fingerprint density at radius 3 is 2.86 bits per heavy atom. The Labute approximate surface area is 164 Å². The third-order valence-corrected chi connectivity index (χ3v) is 6.18. The molecule has 0 spiro atoms. The van der Waals surface area contributed by atoms with E-state index in [-0.39, 0.29) is 23.7 Å². The van der Waals surface area contributed by atoms with E-state index in [1.807, 2.05) is 14.0 Å². The number of amides is 2. The highest BCUT2D eigenvalue weighted by Gasteiger charge is 2.31. The molecule has 6 nitrogen and oxygen atoms in total. The summed E-state index contributed by atoms with van der Waals surface area (Å²) in [7, 11) is 1.84. The van der Waals surface area contributed by atoms with Crippen molar-refractivity contribution in [2.75, 3.05) is 26.7 Å². The molecule has 2 amide bonds. The number of hydrogen-bond donors (Lipinski definition) is 2. The molecule has 4 rings (SSSR count). The molecule has 0 radical (unpaired) electrons. The Bertz CT molecular complexity index is 870. The predicted octanol–water partition coefficient (Wildman–Crippen LogP) is 2.43. The van der Waals surface area contributed by atoms with Gasteiger partial charge in [-0.3, -0.25) is 14.5 Å². The van der Waals surface area contributed by atoms with E-state index in [1.54, 1.807) is 17.0 Å². The van der Waals surface area contributed by atoms with Crippen molar-refractivity contribution in [1.82, 2.24) is 20.1 Å². The zero-order valence-corrected chi connectivity index (χ0v) is 16.4. The van der Waals surface area contributed by atoms with Crippen molar-refractivity contribution in [2.24, 2.45) is 0 Å². The van der Waals surface area contributed by atoms with Gasteiger partial charge in [0.25, 0.3) is 5.91 Å². The van der Waals surface area contributed by atoms with Crippen molar-refractivity contribution in [3.63, 3.8) is 0 Å². The summed E-state index contributed by atoms with van der Waals surface area (Å²) in [6, 6.07) is 5.11. The second kappa shape index (κ2) is 7.54. The van der Waals surface area contributed by atoms with Crippen molar-refractivity contribution in [3.05, 3.63) is 35.3 Å². The maximum atomic E-state index is 14.0. The molecule has 1 aromatic heterocycles. The summed E-state index contributed by atoms with van der Waals surface area (Å²) in [5, 5.41) is 3.56. The van der Waals surface area contributed by atoms with Crippen molar-refractivity contribution >= 4 is 22.7 Å². The lowest BCUT2D eigenvalue weighted by Gasteiger charge is -2.41. The first-order valence-electron chi connectivity index (χ1n) is 9.99. The van der Waals surface area contributed by atoms with Crippen LogP contribution in [0.15, 0.2) is 18.2 Å². The maximum absolute atomic E-state index is 14.0. The number of nitrogens with zero attached hydrogens (tertiary/aromatic N) is 2. The summed E-state index contributed by atoms with van der Waals surface area (Å²) < 4.78 is 14.0. The van der Waals surface area contributed by atoms with Crippen LogP contribution in [0.2, 0.25) is 0 Å². The van der Waals surface area contributed by atoms with Crippen LogP contribution in [0.25, 0.3) is 10.9 Å². The van der Waals surface area contributed by atoms with Gasteiger partial charge in [-0.25, -0.2) is 4.39 Å². The molecule has 150 valence electrons. The SMILES string of the molecule is Cc1ccc(F)c2cc(C(=O)N[C@@H]3CCC[C@H](N4CCN(C)C(=O)C4)C3)[nH]c12. The zero-order chi connectivity index (χ0) is 19.8. The summed E-state index contributed by atoms with van der Waals surface area (Å²) in [5.41, 5.74) is 1.97. The van der Waals surface area contributed by atoms with Gasteiger partial charge >= 0.3 is 0 Å². The largest absolute Gasteiger partial charge is 0.350 e. The number of likely N-dealkylation sites (N-methyl/N-ethyl adjacent to an activating group) is 1. The number of rotatable bonds is 3. The molecule has 2 aliphatic rings. The second-order valence-corrected chi connectivity index (χ2v) is 8.11. The molecule has 1 aliphatic carbocycles. The third-order valence-electron chi connectivity index (χ3n) is 6.18. The van der Waals surface area contributed by atoms with E-state index in [0.717, 1.165) is 44.3 Å². The number of hydrogen-bond acceptors (Lipinski definition) is 3. The monoisotopic (exact) mass is 386 g/mol. The van der Waals surface area contributed by atoms with Gasteiger partial charge in [0.2, 0.25) is 5.91 Å². The first-order valence-corrected chi connectivity index (χ1v) is 9.99. The fourth-order valence-corrected chi connectivity index (χ4v) is 4.43. The number of piperazine rings is 1. The number of benzene rings is 1. The topological polar surface area (TPSA) is 68.4 Å². The maximum Gasteiger partial charge on any atom is 0.267 e. The molecule has 1 saturated carbocycles. The predicted molar refractivity (Wildman–Crippen MR) is 106 cm³/mol. The fourth-order valence-electron chi connectivity index (χ4n) is 4.43. The van der Waals surface area contributed by atoms with Gasteiger partial charge in [-0.2, -0.15) is 0 Å². The van der Waals surface area contributed by atoms with E-state index in [0.29, 0.717) is 29.2 Å². The molecule has 0 bridgehead atoms. The number of aromatic nitrogens is 1. The quantitative estimate of drug-likeness (QED) is 0.851. The van der Waals surface area contributed by atoms with Crippen molar-refractivity contribution < 1.29 is 14.0 Å². The lowest BCUT2D eigenvalue weighted by Crippen LogP contribution is -2.54. The van der Waals surface area contributed by atoms with Crippen molar-refractivity contribution in [1.29, 1.82) is 0 Å². The minimum atomic E-state index is -0.326. The van der Waals surface area contributed by atoms with Crippen LogP contribution < -0.4 is 5.32 Å². The number of carbonyl (C=O) groups excluding carboxylic acids is 2. The molecule has 0 unspecified atom stereocenters. The molecule has 2 fully saturated rings. The van der Waals surface area contributed by atoms with Crippen LogP contribution in [0.4, 0.5) is 4.39 Å². The molecule has 1 aliphatic heterocycles. The highest BCUT2D eigenvalue weighted by molar-refractivity contribution is 5.99. The molecule has 2 heterocycles. The zero-order valence-electron chi connectivity index (χ0n) is 16.4. The Kier molecular flexibility index (Phi) is 5.10. The molecule has 28 heavy (non-hydrogen) atoms. The summed E-state index contributed by atoms with van der Waals surface area (Å²) in [6.07, 6.45) is 3.85. The molecular formula is C21H27FN4O2. The van der Waals surface area contributed by atoms with Crippen molar-refractivity contribution in [3.8, 4) is 0 Å². The van der Waals surface area contributed by atoms with E-state index in [4.69, 9.17) is 0 Å². The van der Waals surface area contributed by atoms with E-state index in [1.165, 1.54) is 6.07 Å². The van der Waals surface area contributed by atoms with Gasteiger partial charge in [-0.15, -0.1) is 0 Å². The molecular weight excluding hydrogens is 359 g/mol. The molecule has 2 atom stereocenters. The van der Waals surface area contributed by atoms with Gasteiger partial charge in [-0.1, -0.05) is 6.07 Å². The van der Waals surface area contributed by atoms with Crippen LogP contribution in [0.1, 0.15) is 41.7 Å². The van der Waals surface area contributed by atoms with Crippen LogP contribution in [0.3, 0.4) is 0 Å². The van der Waals surface area contributed by atoms with Gasteiger partial charge in [-0.05, 0) is 50.3 Å². The van der Waals surface area contributed by atoms with Gasteiger partial charge in [0, 0.05) is 37.6 Å². The second-order valence-electron chi connectivity index (χ2n) is 8.11. The van der Waals surface area contributed by atoms with E-state index in [9.17, 15) is 14.0 Å². The number of fused-ring (bicyclic) bond motifs is 1. The Morgan fingerprint density at radius 1 is 1.29 bits per heavy atom. The van der Waals surface area contributed by atoms with Crippen LogP contribution in [-0.4, -0.2) is 65.4 Å². The highest BCUT2D eigenvalue weighted by Crippen LogP contribution is 2.26. The highest BCUT2D eigenvalue weighted by atomic mass is 19.1. The number of H-pyrrole nitrogens is 1. The Morgan fingerprint density at radius 2 is 2.11 bits per heavy atom. The molecule has 1 aromatic carbocycles. The van der Waals surface area contributed by atoms with E-state index < -0.39 is 0 Å². The summed E-state index contributed by atoms with van der Waals surface area (Å²) in [5.74, 6) is -0.364. The molecule has 7 heteroatoms. The van der Waals surface area contributed by atoms with Gasteiger partial charge in [0.1, 0.15) is 11.5 Å². The Balaban J connectivity index is 1.42. The van der Waals surface area contributed by atoms with E-state index in [2.05, 4.69) is 15.2 Å². The van der Waals surface area contributed by atoms with Gasteiger partial charge < -0.3 is 15.2 Å². The van der Waals surface area contributed by atoms with Crippen LogP contribution in [0, 0.1) is 12.7 Å². The average molecular weight is 386 g/mol. The summed E-state index contributed by atoms with van der Waals surface area (Å²) in [4.78, 5) is 31.8. The number of aryl methyl sites for hydroxylation is 1. The summed E-state index contributed by atoms with van der Waals surface area (Å²) >= 11 is 0.